The molecule has 0 atom stereocenters. The number of ketones is 1. The van der Waals surface area contributed by atoms with Crippen LogP contribution in [0, 0.1) is 0 Å². The van der Waals surface area contributed by atoms with Crippen LogP contribution in [-0.2, 0) is 15.3 Å². The molecule has 1 aromatic carbocycles. The van der Waals surface area contributed by atoms with Gasteiger partial charge < -0.3 is 4.74 Å². The largest absolute Gasteiger partial charge is 0.460 e. The van der Waals surface area contributed by atoms with Gasteiger partial charge in [-0.15, -0.1) is 0 Å². The van der Waals surface area contributed by atoms with Crippen molar-refractivity contribution in [2.24, 2.45) is 0 Å². The van der Waals surface area contributed by atoms with E-state index in [1.54, 1.807) is 31.2 Å². The minimum absolute atomic E-state index is 0.208. The smallest absolute Gasteiger partial charge is 0.379 e. The Morgan fingerprint density at radius 3 is 2.33 bits per heavy atom. The lowest BCUT2D eigenvalue weighted by Crippen LogP contribution is -2.17. The number of carbonyl (C=O) groups is 2. The molecule has 3 nitrogen and oxygen atoms in total. The highest BCUT2D eigenvalue weighted by molar-refractivity contribution is 7.79. The molecular weight excluding hydrogens is 212 g/mol. The van der Waals surface area contributed by atoms with E-state index in [0.717, 1.165) is 5.56 Å². The van der Waals surface area contributed by atoms with Gasteiger partial charge in [-0.25, -0.2) is 4.79 Å². The van der Waals surface area contributed by atoms with Crippen molar-refractivity contribution in [2.75, 3.05) is 6.61 Å². The van der Waals surface area contributed by atoms with Crippen LogP contribution in [0.1, 0.15) is 22.8 Å². The fourth-order valence-corrected chi connectivity index (χ4v) is 1.29. The van der Waals surface area contributed by atoms with E-state index in [1.807, 2.05) is 0 Å². The third kappa shape index (κ3) is 3.09. The van der Waals surface area contributed by atoms with Crippen LogP contribution >= 0.6 is 12.6 Å². The Balaban J connectivity index is 2.78. The minimum Gasteiger partial charge on any atom is -0.460 e. The lowest BCUT2D eigenvalue weighted by molar-refractivity contribution is -0.137. The van der Waals surface area contributed by atoms with Crippen LogP contribution in [0.25, 0.3) is 0 Å². The van der Waals surface area contributed by atoms with Crippen LogP contribution in [0.4, 0.5) is 0 Å². The first kappa shape index (κ1) is 11.8. The zero-order valence-electron chi connectivity index (χ0n) is 8.40. The summed E-state index contributed by atoms with van der Waals surface area (Å²) < 4.78 is 4.61. The van der Waals surface area contributed by atoms with Gasteiger partial charge in [0.15, 0.2) is 0 Å². The predicted molar refractivity (Wildman–Crippen MR) is 60.1 cm³/mol. The molecule has 0 bridgehead atoms. The fraction of sp³-hybridized carbons (Fsp3) is 0.273. The molecule has 1 rings (SSSR count). The van der Waals surface area contributed by atoms with E-state index in [-0.39, 0.29) is 6.61 Å². The highest BCUT2D eigenvalue weighted by atomic mass is 32.1. The van der Waals surface area contributed by atoms with Crippen molar-refractivity contribution in [2.45, 2.75) is 12.7 Å². The number of hydrogen-bond acceptors (Lipinski definition) is 4. The van der Waals surface area contributed by atoms with Gasteiger partial charge in [0.05, 0.1) is 6.61 Å². The van der Waals surface area contributed by atoms with E-state index in [1.165, 1.54) is 0 Å². The first-order chi connectivity index (χ1) is 7.19. The Bertz CT molecular complexity index is 357. The molecule has 0 spiro atoms. The maximum absolute atomic E-state index is 11.4. The van der Waals surface area contributed by atoms with Gasteiger partial charge in [-0.2, -0.15) is 12.6 Å². The third-order valence-corrected chi connectivity index (χ3v) is 2.22. The lowest BCUT2D eigenvalue weighted by atomic mass is 10.1. The molecule has 0 fully saturated rings. The molecule has 0 aliphatic carbocycles. The van der Waals surface area contributed by atoms with Crippen LogP contribution in [-0.4, -0.2) is 18.4 Å². The zero-order chi connectivity index (χ0) is 11.3. The summed E-state index contributed by atoms with van der Waals surface area (Å²) in [5.74, 6) is -0.813. The average molecular weight is 224 g/mol. The Labute approximate surface area is 93.8 Å². The van der Waals surface area contributed by atoms with Crippen molar-refractivity contribution in [3.05, 3.63) is 35.4 Å². The third-order valence-electron chi connectivity index (χ3n) is 1.86. The predicted octanol–water partition coefficient (Wildman–Crippen LogP) is 1.86. The summed E-state index contributed by atoms with van der Waals surface area (Å²) in [5.41, 5.74) is 1.35. The standard InChI is InChI=1S/C11H12O3S/c1-2-14-11(13)10(12)9-5-3-8(7-15)4-6-9/h3-6,15H,2,7H2,1H3. The molecule has 0 aliphatic rings. The number of ether oxygens (including phenoxy) is 1. The van der Waals surface area contributed by atoms with Crippen molar-refractivity contribution >= 4 is 24.4 Å². The molecule has 0 radical (unpaired) electrons. The van der Waals surface area contributed by atoms with Crippen molar-refractivity contribution in [1.29, 1.82) is 0 Å². The second-order valence-electron chi connectivity index (χ2n) is 2.90. The van der Waals surface area contributed by atoms with Gasteiger partial charge in [-0.1, -0.05) is 24.3 Å². The van der Waals surface area contributed by atoms with Gasteiger partial charge in [0.2, 0.25) is 0 Å². The van der Waals surface area contributed by atoms with E-state index in [2.05, 4.69) is 17.4 Å². The first-order valence-corrected chi connectivity index (χ1v) is 5.23. The van der Waals surface area contributed by atoms with Crippen LogP contribution < -0.4 is 0 Å². The second kappa shape index (κ2) is 5.56. The SMILES string of the molecule is CCOC(=O)C(=O)c1ccc(CS)cc1. The molecule has 80 valence electrons. The number of benzene rings is 1. The van der Waals surface area contributed by atoms with Crippen LogP contribution in [0.2, 0.25) is 0 Å². The summed E-state index contributed by atoms with van der Waals surface area (Å²) in [4.78, 5) is 22.6. The molecule has 0 saturated carbocycles. The van der Waals surface area contributed by atoms with Gasteiger partial charge in [-0.05, 0) is 12.5 Å². The molecule has 0 saturated heterocycles. The Hall–Kier alpha value is -1.29. The number of hydrogen-bond donors (Lipinski definition) is 1. The highest BCUT2D eigenvalue weighted by Crippen LogP contribution is 2.07. The normalized spacial score (nSPS) is 9.73. The quantitative estimate of drug-likeness (QED) is 0.367. The number of Topliss-reactive ketones (excluding diaryl/α,β-unsaturated/α-hetero) is 1. The number of thiol groups is 1. The first-order valence-electron chi connectivity index (χ1n) is 4.60. The molecule has 1 aromatic rings. The average Bonchev–Trinajstić information content (AvgIpc) is 2.28. The Kier molecular flexibility index (Phi) is 4.37. The van der Waals surface area contributed by atoms with Gasteiger partial charge in [0.25, 0.3) is 5.78 Å². The molecule has 0 aromatic heterocycles. The van der Waals surface area contributed by atoms with Crippen molar-refractivity contribution in [1.82, 2.24) is 0 Å². The zero-order valence-corrected chi connectivity index (χ0v) is 9.29. The molecule has 4 heteroatoms. The van der Waals surface area contributed by atoms with E-state index in [4.69, 9.17) is 0 Å². The Morgan fingerprint density at radius 1 is 1.27 bits per heavy atom. The van der Waals surface area contributed by atoms with Crippen LogP contribution in [0.3, 0.4) is 0 Å². The summed E-state index contributed by atoms with van der Waals surface area (Å²) in [6, 6.07) is 6.73. The molecule has 15 heavy (non-hydrogen) atoms. The van der Waals surface area contributed by atoms with E-state index in [9.17, 15) is 9.59 Å². The summed E-state index contributed by atoms with van der Waals surface area (Å²) in [6.07, 6.45) is 0. The van der Waals surface area contributed by atoms with Gasteiger partial charge >= 0.3 is 5.97 Å². The number of carbonyl (C=O) groups excluding carboxylic acids is 2. The summed E-state index contributed by atoms with van der Waals surface area (Å²) >= 11 is 4.09. The maximum Gasteiger partial charge on any atom is 0.379 e. The molecule has 0 N–H and O–H groups in total. The molecule has 0 heterocycles. The van der Waals surface area contributed by atoms with Crippen LogP contribution in [0.5, 0.6) is 0 Å². The molecule has 0 aliphatic heterocycles. The summed E-state index contributed by atoms with van der Waals surface area (Å²) in [6.45, 7) is 1.87. The molecule has 0 amide bonds. The lowest BCUT2D eigenvalue weighted by Gasteiger charge is -2.01. The van der Waals surface area contributed by atoms with Gasteiger partial charge in [-0.3, -0.25) is 4.79 Å². The van der Waals surface area contributed by atoms with Gasteiger partial charge in [0.1, 0.15) is 0 Å². The van der Waals surface area contributed by atoms with Crippen molar-refractivity contribution in [3.8, 4) is 0 Å². The topological polar surface area (TPSA) is 43.4 Å². The summed E-state index contributed by atoms with van der Waals surface area (Å²) in [5, 5.41) is 0. The molecular formula is C11H12O3S. The number of esters is 1. The van der Waals surface area contributed by atoms with Crippen LogP contribution in [0.15, 0.2) is 24.3 Å². The summed E-state index contributed by atoms with van der Waals surface area (Å²) in [7, 11) is 0. The van der Waals surface area contributed by atoms with Crippen molar-refractivity contribution in [3.63, 3.8) is 0 Å². The monoisotopic (exact) mass is 224 g/mol. The van der Waals surface area contributed by atoms with E-state index < -0.39 is 11.8 Å². The van der Waals surface area contributed by atoms with Crippen molar-refractivity contribution < 1.29 is 14.3 Å². The highest BCUT2D eigenvalue weighted by Gasteiger charge is 2.16. The number of rotatable bonds is 4. The second-order valence-corrected chi connectivity index (χ2v) is 3.22. The van der Waals surface area contributed by atoms with Gasteiger partial charge in [0, 0.05) is 11.3 Å². The minimum atomic E-state index is -0.809. The van der Waals surface area contributed by atoms with E-state index in [0.29, 0.717) is 11.3 Å². The van der Waals surface area contributed by atoms with E-state index >= 15 is 0 Å². The maximum atomic E-state index is 11.4. The fourth-order valence-electron chi connectivity index (χ4n) is 1.08. The Morgan fingerprint density at radius 2 is 1.87 bits per heavy atom. The molecule has 0 unspecified atom stereocenters.